The monoisotopic (exact) mass is 268 g/mol. The molecule has 4 nitrogen and oxygen atoms in total. The highest BCUT2D eigenvalue weighted by Crippen LogP contribution is 2.18. The molecule has 0 fully saturated rings. The van der Waals surface area contributed by atoms with Gasteiger partial charge in [-0.3, -0.25) is 0 Å². The fraction of sp³-hybridized carbons (Fsp3) is 0.312. The maximum atomic E-state index is 4.42. The van der Waals surface area contributed by atoms with Crippen molar-refractivity contribution in [1.82, 2.24) is 14.5 Å². The van der Waals surface area contributed by atoms with Crippen molar-refractivity contribution < 1.29 is 0 Å². The topological polar surface area (TPSA) is 45.6 Å². The summed E-state index contributed by atoms with van der Waals surface area (Å²) in [6.07, 6.45) is 3.29. The van der Waals surface area contributed by atoms with Gasteiger partial charge >= 0.3 is 0 Å². The van der Waals surface area contributed by atoms with Gasteiger partial charge in [0, 0.05) is 24.1 Å². The van der Waals surface area contributed by atoms with E-state index < -0.39 is 0 Å². The van der Waals surface area contributed by atoms with Crippen LogP contribution in [0.4, 0.5) is 5.69 Å². The van der Waals surface area contributed by atoms with E-state index in [9.17, 15) is 0 Å². The highest BCUT2D eigenvalue weighted by atomic mass is 15.0. The van der Waals surface area contributed by atoms with E-state index in [2.05, 4.69) is 57.2 Å². The molecule has 0 saturated heterocycles. The highest BCUT2D eigenvalue weighted by Gasteiger charge is 2.03. The van der Waals surface area contributed by atoms with E-state index >= 15 is 0 Å². The third-order valence-corrected chi connectivity index (χ3v) is 3.46. The standard InChI is InChI=1S/C16H20N4/c1-3-8-20-9-4-5-14(20)11-17-13-6-7-15-16(10-13)19-12(2)18-15/h4-7,9-10,17H,3,8,11H2,1-2H3,(H,18,19). The van der Waals surface area contributed by atoms with Crippen LogP contribution >= 0.6 is 0 Å². The van der Waals surface area contributed by atoms with Gasteiger partial charge in [0.25, 0.3) is 0 Å². The number of fused-ring (bicyclic) bond motifs is 1. The number of aryl methyl sites for hydroxylation is 2. The van der Waals surface area contributed by atoms with Crippen molar-refractivity contribution in [2.24, 2.45) is 0 Å². The zero-order chi connectivity index (χ0) is 13.9. The van der Waals surface area contributed by atoms with Crippen LogP contribution in [0.3, 0.4) is 0 Å². The predicted octanol–water partition coefficient (Wildman–Crippen LogP) is 3.69. The van der Waals surface area contributed by atoms with Crippen LogP contribution in [0.5, 0.6) is 0 Å². The first-order chi connectivity index (χ1) is 9.76. The third kappa shape index (κ3) is 2.54. The average Bonchev–Trinajstić information content (AvgIpc) is 3.01. The summed E-state index contributed by atoms with van der Waals surface area (Å²) in [5.74, 6) is 0.953. The molecule has 3 aromatic rings. The molecule has 0 bridgehead atoms. The second-order valence-electron chi connectivity index (χ2n) is 5.10. The van der Waals surface area contributed by atoms with Crippen LogP contribution in [-0.2, 0) is 13.1 Å². The number of benzene rings is 1. The minimum atomic E-state index is 0.839. The Kier molecular flexibility index (Phi) is 3.46. The minimum Gasteiger partial charge on any atom is -0.379 e. The van der Waals surface area contributed by atoms with Gasteiger partial charge in [-0.1, -0.05) is 6.92 Å². The van der Waals surface area contributed by atoms with Crippen molar-refractivity contribution in [3.8, 4) is 0 Å². The van der Waals surface area contributed by atoms with Gasteiger partial charge in [0.05, 0.1) is 17.6 Å². The van der Waals surface area contributed by atoms with E-state index in [1.165, 1.54) is 5.69 Å². The molecule has 2 aromatic heterocycles. The molecule has 3 rings (SSSR count). The first-order valence-corrected chi connectivity index (χ1v) is 7.10. The third-order valence-electron chi connectivity index (χ3n) is 3.46. The molecule has 0 saturated carbocycles. The van der Waals surface area contributed by atoms with E-state index in [1.54, 1.807) is 0 Å². The van der Waals surface area contributed by atoms with Gasteiger partial charge in [-0.25, -0.2) is 4.98 Å². The van der Waals surface area contributed by atoms with E-state index in [4.69, 9.17) is 0 Å². The van der Waals surface area contributed by atoms with E-state index in [0.29, 0.717) is 0 Å². The molecule has 0 spiro atoms. The number of anilines is 1. The molecule has 2 N–H and O–H groups in total. The number of aromatic nitrogens is 3. The van der Waals surface area contributed by atoms with Gasteiger partial charge in [0.15, 0.2) is 0 Å². The summed E-state index contributed by atoms with van der Waals surface area (Å²) >= 11 is 0. The highest BCUT2D eigenvalue weighted by molar-refractivity contribution is 5.79. The molecular formula is C16H20N4. The lowest BCUT2D eigenvalue weighted by Crippen LogP contribution is -2.06. The quantitative estimate of drug-likeness (QED) is 0.741. The van der Waals surface area contributed by atoms with Crippen LogP contribution in [0.25, 0.3) is 11.0 Å². The van der Waals surface area contributed by atoms with Crippen molar-refractivity contribution in [2.45, 2.75) is 33.4 Å². The van der Waals surface area contributed by atoms with E-state index in [-0.39, 0.29) is 0 Å². The molecule has 1 aromatic carbocycles. The number of nitrogens with one attached hydrogen (secondary N) is 2. The second-order valence-corrected chi connectivity index (χ2v) is 5.10. The fourth-order valence-electron chi connectivity index (χ4n) is 2.51. The normalized spacial score (nSPS) is 11.1. The second kappa shape index (κ2) is 5.41. The van der Waals surface area contributed by atoms with Crippen LogP contribution in [-0.4, -0.2) is 14.5 Å². The molecular weight excluding hydrogens is 248 g/mol. The zero-order valence-electron chi connectivity index (χ0n) is 12.0. The lowest BCUT2D eigenvalue weighted by Gasteiger charge is -2.10. The van der Waals surface area contributed by atoms with E-state index in [1.807, 2.05) is 13.0 Å². The van der Waals surface area contributed by atoms with Crippen molar-refractivity contribution in [2.75, 3.05) is 5.32 Å². The minimum absolute atomic E-state index is 0.839. The molecule has 0 radical (unpaired) electrons. The van der Waals surface area contributed by atoms with Crippen molar-refractivity contribution in [3.05, 3.63) is 48.0 Å². The average molecular weight is 268 g/mol. The number of rotatable bonds is 5. The molecule has 0 aliphatic rings. The predicted molar refractivity (Wildman–Crippen MR) is 82.9 cm³/mol. The molecule has 0 unspecified atom stereocenters. The summed E-state index contributed by atoms with van der Waals surface area (Å²) in [5, 5.41) is 3.48. The number of aromatic amines is 1. The Morgan fingerprint density at radius 3 is 3.05 bits per heavy atom. The van der Waals surface area contributed by atoms with Crippen LogP contribution in [0.2, 0.25) is 0 Å². The van der Waals surface area contributed by atoms with Crippen molar-refractivity contribution in [3.63, 3.8) is 0 Å². The molecule has 104 valence electrons. The summed E-state index contributed by atoms with van der Waals surface area (Å²) in [6.45, 7) is 6.09. The van der Waals surface area contributed by atoms with Gasteiger partial charge in [0.1, 0.15) is 5.82 Å². The molecule has 0 aliphatic carbocycles. The lowest BCUT2D eigenvalue weighted by molar-refractivity contribution is 0.654. The number of imidazole rings is 1. The zero-order valence-corrected chi connectivity index (χ0v) is 12.0. The molecule has 0 atom stereocenters. The summed E-state index contributed by atoms with van der Waals surface area (Å²) in [5.41, 5.74) is 4.52. The number of hydrogen-bond donors (Lipinski definition) is 2. The summed E-state index contributed by atoms with van der Waals surface area (Å²) < 4.78 is 2.30. The van der Waals surface area contributed by atoms with Crippen molar-refractivity contribution >= 4 is 16.7 Å². The van der Waals surface area contributed by atoms with Gasteiger partial charge in [-0.15, -0.1) is 0 Å². The number of H-pyrrole nitrogens is 1. The first kappa shape index (κ1) is 12.8. The Morgan fingerprint density at radius 2 is 2.20 bits per heavy atom. The van der Waals surface area contributed by atoms with Gasteiger partial charge < -0.3 is 14.9 Å². The van der Waals surface area contributed by atoms with Crippen LogP contribution in [0, 0.1) is 6.92 Å². The molecule has 2 heterocycles. The SMILES string of the molecule is CCCn1cccc1CNc1ccc2nc(C)[nH]c2c1. The Balaban J connectivity index is 1.74. The fourth-order valence-corrected chi connectivity index (χ4v) is 2.51. The molecule has 0 aliphatic heterocycles. The van der Waals surface area contributed by atoms with Gasteiger partial charge in [0.2, 0.25) is 0 Å². The van der Waals surface area contributed by atoms with Crippen LogP contribution in [0.1, 0.15) is 24.9 Å². The smallest absolute Gasteiger partial charge is 0.104 e. The largest absolute Gasteiger partial charge is 0.379 e. The van der Waals surface area contributed by atoms with Crippen LogP contribution in [0.15, 0.2) is 36.5 Å². The first-order valence-electron chi connectivity index (χ1n) is 7.10. The summed E-state index contributed by atoms with van der Waals surface area (Å²) in [7, 11) is 0. The molecule has 4 heteroatoms. The maximum absolute atomic E-state index is 4.42. The van der Waals surface area contributed by atoms with Gasteiger partial charge in [-0.05, 0) is 43.7 Å². The Bertz CT molecular complexity index is 708. The Labute approximate surface area is 118 Å². The lowest BCUT2D eigenvalue weighted by atomic mass is 10.2. The van der Waals surface area contributed by atoms with Gasteiger partial charge in [-0.2, -0.15) is 0 Å². The maximum Gasteiger partial charge on any atom is 0.104 e. The Hall–Kier alpha value is -2.23. The summed E-state index contributed by atoms with van der Waals surface area (Å²) in [4.78, 5) is 7.68. The van der Waals surface area contributed by atoms with Crippen LogP contribution < -0.4 is 5.32 Å². The Morgan fingerprint density at radius 1 is 1.30 bits per heavy atom. The molecule has 20 heavy (non-hydrogen) atoms. The van der Waals surface area contributed by atoms with Crippen molar-refractivity contribution in [1.29, 1.82) is 0 Å². The number of hydrogen-bond acceptors (Lipinski definition) is 2. The van der Waals surface area contributed by atoms with E-state index in [0.717, 1.165) is 42.1 Å². The summed E-state index contributed by atoms with van der Waals surface area (Å²) in [6, 6.07) is 10.5. The number of nitrogens with zero attached hydrogens (tertiary/aromatic N) is 2. The molecule has 0 amide bonds.